The third-order valence-corrected chi connectivity index (χ3v) is 8.34. The fourth-order valence-corrected chi connectivity index (χ4v) is 6.09. The Bertz CT molecular complexity index is 1480. The second-order valence-corrected chi connectivity index (χ2v) is 11.0. The number of ether oxygens (including phenoxy) is 3. The molecule has 0 radical (unpaired) electrons. The van der Waals surface area contributed by atoms with Crippen LogP contribution in [0.4, 0.5) is 5.00 Å². The molecule has 1 aromatic heterocycles. The molecule has 2 N–H and O–H groups in total. The van der Waals surface area contributed by atoms with Crippen LogP contribution in [0.15, 0.2) is 41.5 Å². The predicted molar refractivity (Wildman–Crippen MR) is 160 cm³/mol. The van der Waals surface area contributed by atoms with Gasteiger partial charge in [0.05, 0.1) is 25.0 Å². The number of hydrogen-bond donors (Lipinski definition) is 2. The van der Waals surface area contributed by atoms with Gasteiger partial charge in [-0.3, -0.25) is 9.59 Å². The van der Waals surface area contributed by atoms with Crippen molar-refractivity contribution in [3.05, 3.63) is 73.6 Å². The highest BCUT2D eigenvalue weighted by molar-refractivity contribution is 7.17. The molecule has 216 valence electrons. The SMILES string of the molecule is CCOC(=O)c1c(NC(=O)C(=O)NN=C(C)c2ccc(OCc3c(Cl)cccc3Cl)c(OC)c2)sc2c1CCCC2. The molecule has 1 aliphatic carbocycles. The molecule has 0 bridgehead atoms. The number of fused-ring (bicyclic) bond motifs is 1. The number of methoxy groups -OCH3 is 1. The Hall–Kier alpha value is -3.60. The molecule has 0 saturated heterocycles. The number of nitrogens with zero attached hydrogens (tertiary/aromatic N) is 1. The first-order chi connectivity index (χ1) is 19.7. The van der Waals surface area contributed by atoms with Gasteiger partial charge < -0.3 is 19.5 Å². The van der Waals surface area contributed by atoms with Crippen molar-refractivity contribution in [3.8, 4) is 11.5 Å². The van der Waals surface area contributed by atoms with Crippen LogP contribution in [0.5, 0.6) is 11.5 Å². The van der Waals surface area contributed by atoms with Crippen LogP contribution in [0.25, 0.3) is 0 Å². The summed E-state index contributed by atoms with van der Waals surface area (Å²) >= 11 is 13.8. The monoisotopic (exact) mass is 617 g/mol. The minimum absolute atomic E-state index is 0.136. The van der Waals surface area contributed by atoms with E-state index in [2.05, 4.69) is 15.8 Å². The van der Waals surface area contributed by atoms with Crippen molar-refractivity contribution in [3.63, 3.8) is 0 Å². The molecule has 0 aliphatic heterocycles. The lowest BCUT2D eigenvalue weighted by atomic mass is 9.95. The molecule has 0 unspecified atom stereocenters. The molecule has 1 aliphatic rings. The Morgan fingerprint density at radius 1 is 1.02 bits per heavy atom. The van der Waals surface area contributed by atoms with Crippen LogP contribution in [0.2, 0.25) is 10.0 Å². The van der Waals surface area contributed by atoms with Gasteiger partial charge in [0, 0.05) is 26.0 Å². The average Bonchev–Trinajstić information content (AvgIpc) is 3.33. The summed E-state index contributed by atoms with van der Waals surface area (Å²) < 4.78 is 16.5. The summed E-state index contributed by atoms with van der Waals surface area (Å²) in [6.07, 6.45) is 3.50. The van der Waals surface area contributed by atoms with Gasteiger partial charge in [-0.25, -0.2) is 10.2 Å². The highest BCUT2D eigenvalue weighted by Gasteiger charge is 2.28. The molecule has 0 saturated carbocycles. The highest BCUT2D eigenvalue weighted by atomic mass is 35.5. The number of aryl methyl sites for hydroxylation is 1. The van der Waals surface area contributed by atoms with Gasteiger partial charge >= 0.3 is 17.8 Å². The molecule has 1 heterocycles. The number of rotatable bonds is 9. The van der Waals surface area contributed by atoms with E-state index in [1.54, 1.807) is 50.2 Å². The number of carbonyl (C=O) groups is 3. The van der Waals surface area contributed by atoms with Gasteiger partial charge in [-0.2, -0.15) is 5.10 Å². The van der Waals surface area contributed by atoms with Gasteiger partial charge in [0.25, 0.3) is 0 Å². The third kappa shape index (κ3) is 7.19. The van der Waals surface area contributed by atoms with Gasteiger partial charge in [-0.15, -0.1) is 11.3 Å². The maximum absolute atomic E-state index is 12.7. The molecule has 4 rings (SSSR count). The molecule has 2 aromatic carbocycles. The van der Waals surface area contributed by atoms with Crippen LogP contribution in [0.3, 0.4) is 0 Å². The average molecular weight is 619 g/mol. The van der Waals surface area contributed by atoms with E-state index in [0.29, 0.717) is 48.9 Å². The summed E-state index contributed by atoms with van der Waals surface area (Å²) in [5.74, 6) is -1.54. The van der Waals surface area contributed by atoms with Crippen LogP contribution in [-0.2, 0) is 33.8 Å². The first kappa shape index (κ1) is 30.4. The smallest absolute Gasteiger partial charge is 0.341 e. The lowest BCUT2D eigenvalue weighted by molar-refractivity contribution is -0.136. The topological polar surface area (TPSA) is 115 Å². The number of anilines is 1. The zero-order valence-electron chi connectivity index (χ0n) is 22.8. The number of hydrazone groups is 1. The van der Waals surface area contributed by atoms with Gasteiger partial charge in [0.2, 0.25) is 0 Å². The van der Waals surface area contributed by atoms with E-state index in [0.717, 1.165) is 36.1 Å². The Balaban J connectivity index is 1.42. The minimum atomic E-state index is -0.978. The van der Waals surface area contributed by atoms with Gasteiger partial charge in [-0.05, 0) is 75.4 Å². The normalized spacial score (nSPS) is 12.8. The summed E-state index contributed by atoms with van der Waals surface area (Å²) in [7, 11) is 1.50. The first-order valence-electron chi connectivity index (χ1n) is 12.9. The fraction of sp³-hybridized carbons (Fsp3) is 0.310. The molecule has 41 heavy (non-hydrogen) atoms. The predicted octanol–water partition coefficient (Wildman–Crippen LogP) is 6.18. The lowest BCUT2D eigenvalue weighted by Gasteiger charge is -2.14. The van der Waals surface area contributed by atoms with Crippen LogP contribution >= 0.6 is 34.5 Å². The van der Waals surface area contributed by atoms with Gasteiger partial charge in [0.1, 0.15) is 11.6 Å². The number of esters is 1. The summed E-state index contributed by atoms with van der Waals surface area (Å²) in [5, 5.41) is 7.94. The van der Waals surface area contributed by atoms with E-state index in [-0.39, 0.29) is 13.2 Å². The zero-order chi connectivity index (χ0) is 29.5. The van der Waals surface area contributed by atoms with E-state index in [1.165, 1.54) is 18.4 Å². The van der Waals surface area contributed by atoms with Gasteiger partial charge in [0.15, 0.2) is 11.5 Å². The molecular formula is C29H29Cl2N3O6S. The van der Waals surface area contributed by atoms with E-state index >= 15 is 0 Å². The molecule has 0 spiro atoms. The van der Waals surface area contributed by atoms with Crippen molar-refractivity contribution >= 4 is 63.0 Å². The molecule has 9 nitrogen and oxygen atoms in total. The van der Waals surface area contributed by atoms with E-state index < -0.39 is 17.8 Å². The standard InChI is InChI=1S/C29H29Cl2N3O6S/c1-4-39-29(37)25-18-8-5-6-11-24(18)41-28(25)32-26(35)27(36)34-33-16(2)17-12-13-22(23(14-17)38-3)40-15-19-20(30)9-7-10-21(19)31/h7,9-10,12-14H,4-6,8,11,15H2,1-3H3,(H,32,35)(H,34,36). The largest absolute Gasteiger partial charge is 0.493 e. The molecule has 3 aromatic rings. The molecule has 12 heteroatoms. The number of carbonyl (C=O) groups excluding carboxylic acids is 3. The second-order valence-electron chi connectivity index (χ2n) is 9.08. The van der Waals surface area contributed by atoms with Crippen molar-refractivity contribution in [2.75, 3.05) is 19.0 Å². The van der Waals surface area contributed by atoms with Crippen molar-refractivity contribution in [1.82, 2.24) is 5.43 Å². The summed E-state index contributed by atoms with van der Waals surface area (Å²) in [4.78, 5) is 38.9. The maximum atomic E-state index is 12.7. The second kappa shape index (κ2) is 13.8. The number of amides is 2. The fourth-order valence-electron chi connectivity index (χ4n) is 4.31. The van der Waals surface area contributed by atoms with Crippen molar-refractivity contribution in [2.24, 2.45) is 5.10 Å². The van der Waals surface area contributed by atoms with Crippen LogP contribution < -0.4 is 20.2 Å². The van der Waals surface area contributed by atoms with E-state index in [4.69, 9.17) is 37.4 Å². The van der Waals surface area contributed by atoms with Crippen molar-refractivity contribution < 1.29 is 28.6 Å². The van der Waals surface area contributed by atoms with Crippen LogP contribution in [-0.4, -0.2) is 37.2 Å². The number of benzene rings is 2. The molecule has 0 atom stereocenters. The molecule has 2 amide bonds. The lowest BCUT2D eigenvalue weighted by Crippen LogP contribution is -2.33. The van der Waals surface area contributed by atoms with Crippen LogP contribution in [0, 0.1) is 0 Å². The number of halogens is 2. The summed E-state index contributed by atoms with van der Waals surface area (Å²) in [6, 6.07) is 10.3. The third-order valence-electron chi connectivity index (χ3n) is 6.42. The maximum Gasteiger partial charge on any atom is 0.341 e. The zero-order valence-corrected chi connectivity index (χ0v) is 25.1. The van der Waals surface area contributed by atoms with Crippen molar-refractivity contribution in [2.45, 2.75) is 46.1 Å². The molecular weight excluding hydrogens is 589 g/mol. The van der Waals surface area contributed by atoms with E-state index in [9.17, 15) is 14.4 Å². The minimum Gasteiger partial charge on any atom is -0.493 e. The Kier molecular flexibility index (Phi) is 10.3. The quantitative estimate of drug-likeness (QED) is 0.128. The number of nitrogens with one attached hydrogen (secondary N) is 2. The highest BCUT2D eigenvalue weighted by Crippen LogP contribution is 2.38. The first-order valence-corrected chi connectivity index (χ1v) is 14.5. The number of thiophene rings is 1. The number of hydrogen-bond acceptors (Lipinski definition) is 8. The van der Waals surface area contributed by atoms with E-state index in [1.807, 2.05) is 0 Å². The Labute approximate surface area is 251 Å². The summed E-state index contributed by atoms with van der Waals surface area (Å²) in [6.45, 7) is 3.73. The van der Waals surface area contributed by atoms with Crippen LogP contribution in [0.1, 0.15) is 58.6 Å². The summed E-state index contributed by atoms with van der Waals surface area (Å²) in [5.41, 5.74) is 5.19. The van der Waals surface area contributed by atoms with Crippen molar-refractivity contribution in [1.29, 1.82) is 0 Å². The Morgan fingerprint density at radius 2 is 1.76 bits per heavy atom. The van der Waals surface area contributed by atoms with Gasteiger partial charge in [-0.1, -0.05) is 29.3 Å². The Morgan fingerprint density at radius 3 is 2.46 bits per heavy atom. The molecule has 0 fully saturated rings.